The van der Waals surface area contributed by atoms with Gasteiger partial charge in [0, 0.05) is 18.8 Å². The molecule has 0 aromatic carbocycles. The van der Waals surface area contributed by atoms with E-state index in [0.29, 0.717) is 12.1 Å². The first kappa shape index (κ1) is 13.4. The molecule has 1 aliphatic rings. The van der Waals surface area contributed by atoms with E-state index >= 15 is 0 Å². The smallest absolute Gasteiger partial charge is 0.0771 e. The Kier molecular flexibility index (Phi) is 3.95. The van der Waals surface area contributed by atoms with E-state index in [1.165, 1.54) is 6.42 Å². The molecule has 2 rings (SSSR count). The summed E-state index contributed by atoms with van der Waals surface area (Å²) in [5, 5.41) is 7.89. The zero-order chi connectivity index (χ0) is 13.2. The highest BCUT2D eigenvalue weighted by Gasteiger charge is 2.20. The van der Waals surface area contributed by atoms with Crippen LogP contribution in [0, 0.1) is 5.41 Å². The highest BCUT2D eigenvalue weighted by molar-refractivity contribution is 5.39. The molecule has 0 aliphatic carbocycles. The molecule has 102 valence electrons. The number of anilines is 1. The van der Waals surface area contributed by atoms with Crippen molar-refractivity contribution in [2.75, 3.05) is 11.9 Å². The van der Waals surface area contributed by atoms with Crippen molar-refractivity contribution in [2.24, 2.45) is 5.41 Å². The van der Waals surface area contributed by atoms with Crippen molar-refractivity contribution in [1.82, 2.24) is 9.78 Å². The van der Waals surface area contributed by atoms with Gasteiger partial charge >= 0.3 is 0 Å². The van der Waals surface area contributed by atoms with Crippen LogP contribution in [-0.4, -0.2) is 28.5 Å². The van der Waals surface area contributed by atoms with Crippen LogP contribution in [0.25, 0.3) is 0 Å². The predicted molar refractivity (Wildman–Crippen MR) is 73.7 cm³/mol. The van der Waals surface area contributed by atoms with Crippen LogP contribution in [0.15, 0.2) is 12.4 Å². The lowest BCUT2D eigenvalue weighted by atomic mass is 9.88. The number of nitrogens with zero attached hydrogens (tertiary/aromatic N) is 2. The number of ether oxygens (including phenoxy) is 1. The summed E-state index contributed by atoms with van der Waals surface area (Å²) in [7, 11) is 0. The van der Waals surface area contributed by atoms with E-state index < -0.39 is 0 Å². The molecule has 0 spiro atoms. The Morgan fingerprint density at radius 3 is 2.94 bits per heavy atom. The van der Waals surface area contributed by atoms with E-state index in [0.717, 1.165) is 25.3 Å². The summed E-state index contributed by atoms with van der Waals surface area (Å²) in [6, 6.07) is 0.415. The Balaban J connectivity index is 1.89. The number of hydrogen-bond acceptors (Lipinski definition) is 3. The summed E-state index contributed by atoms with van der Waals surface area (Å²) in [5.41, 5.74) is 1.34. The lowest BCUT2D eigenvalue weighted by molar-refractivity contribution is 0.0940. The highest BCUT2D eigenvalue weighted by atomic mass is 16.5. The molecule has 1 saturated heterocycles. The quantitative estimate of drug-likeness (QED) is 0.894. The molecular formula is C14H25N3O. The minimum atomic E-state index is 0.247. The molecule has 1 fully saturated rings. The van der Waals surface area contributed by atoms with Crippen molar-refractivity contribution in [1.29, 1.82) is 0 Å². The average Bonchev–Trinajstić information content (AvgIpc) is 2.89. The van der Waals surface area contributed by atoms with Gasteiger partial charge in [-0.25, -0.2) is 0 Å². The van der Waals surface area contributed by atoms with E-state index in [2.05, 4.69) is 44.3 Å². The number of rotatable bonds is 4. The fourth-order valence-corrected chi connectivity index (χ4v) is 2.00. The van der Waals surface area contributed by atoms with Crippen molar-refractivity contribution in [3.05, 3.63) is 12.4 Å². The van der Waals surface area contributed by atoms with Crippen molar-refractivity contribution in [3.8, 4) is 0 Å². The zero-order valence-corrected chi connectivity index (χ0v) is 11.9. The normalized spacial score (nSPS) is 22.1. The Morgan fingerprint density at radius 2 is 2.33 bits per heavy atom. The largest absolute Gasteiger partial charge is 0.380 e. The second-order valence-electron chi connectivity index (χ2n) is 6.32. The number of hydrogen-bond donors (Lipinski definition) is 1. The van der Waals surface area contributed by atoms with E-state index in [9.17, 15) is 0 Å². The predicted octanol–water partition coefficient (Wildman–Crippen LogP) is 2.91. The van der Waals surface area contributed by atoms with Gasteiger partial charge in [-0.2, -0.15) is 5.10 Å². The van der Waals surface area contributed by atoms with Crippen LogP contribution in [0.2, 0.25) is 0 Å². The van der Waals surface area contributed by atoms with Crippen LogP contribution in [0.4, 0.5) is 5.69 Å². The molecular weight excluding hydrogens is 226 g/mol. The van der Waals surface area contributed by atoms with Crippen LogP contribution < -0.4 is 5.32 Å². The molecule has 4 nitrogen and oxygen atoms in total. The molecule has 1 aromatic rings. The van der Waals surface area contributed by atoms with Gasteiger partial charge < -0.3 is 10.1 Å². The molecule has 1 aromatic heterocycles. The zero-order valence-electron chi connectivity index (χ0n) is 11.9. The lowest BCUT2D eigenvalue weighted by Gasteiger charge is -2.28. The monoisotopic (exact) mass is 251 g/mol. The fraction of sp³-hybridized carbons (Fsp3) is 0.786. The Hall–Kier alpha value is -1.03. The summed E-state index contributed by atoms with van der Waals surface area (Å²) in [6.07, 6.45) is 6.65. The van der Waals surface area contributed by atoms with Crippen LogP contribution >= 0.6 is 0 Å². The van der Waals surface area contributed by atoms with Gasteiger partial charge in [-0.3, -0.25) is 4.68 Å². The maximum Gasteiger partial charge on any atom is 0.0771 e. The van der Waals surface area contributed by atoms with Crippen molar-refractivity contribution < 1.29 is 4.74 Å². The van der Waals surface area contributed by atoms with Gasteiger partial charge in [-0.1, -0.05) is 20.8 Å². The van der Waals surface area contributed by atoms with Gasteiger partial charge in [0.15, 0.2) is 0 Å². The third-order valence-electron chi connectivity index (χ3n) is 3.73. The molecule has 2 atom stereocenters. The number of aromatic nitrogens is 2. The maximum absolute atomic E-state index is 5.62. The van der Waals surface area contributed by atoms with E-state index in [4.69, 9.17) is 4.74 Å². The van der Waals surface area contributed by atoms with Gasteiger partial charge in [-0.15, -0.1) is 0 Å². The second-order valence-corrected chi connectivity index (χ2v) is 6.32. The number of nitrogens with one attached hydrogen (secondary N) is 1. The molecule has 0 amide bonds. The summed E-state index contributed by atoms with van der Waals surface area (Å²) in [4.78, 5) is 0. The van der Waals surface area contributed by atoms with Crippen molar-refractivity contribution in [2.45, 2.75) is 59.2 Å². The molecule has 1 N–H and O–H groups in total. The molecule has 0 unspecified atom stereocenters. The average molecular weight is 251 g/mol. The molecule has 0 radical (unpaired) electrons. The van der Waals surface area contributed by atoms with E-state index in [-0.39, 0.29) is 5.41 Å². The lowest BCUT2D eigenvalue weighted by Crippen LogP contribution is -2.30. The topological polar surface area (TPSA) is 39.1 Å². The molecule has 0 saturated carbocycles. The van der Waals surface area contributed by atoms with Gasteiger partial charge in [0.25, 0.3) is 0 Å². The van der Waals surface area contributed by atoms with E-state index in [1.54, 1.807) is 0 Å². The molecule has 1 aliphatic heterocycles. The summed E-state index contributed by atoms with van der Waals surface area (Å²) in [6.45, 7) is 10.7. The van der Waals surface area contributed by atoms with E-state index in [1.807, 2.05) is 10.9 Å². The molecule has 4 heteroatoms. The Labute approximate surface area is 110 Å². The van der Waals surface area contributed by atoms with Crippen LogP contribution in [-0.2, 0) is 11.3 Å². The van der Waals surface area contributed by atoms with Gasteiger partial charge in [-0.05, 0) is 25.2 Å². The Bertz CT molecular complexity index is 375. The fourth-order valence-electron chi connectivity index (χ4n) is 2.00. The molecule has 0 bridgehead atoms. The standard InChI is InChI=1S/C14H25N3O/c1-11(14(2,3)4)16-12-8-15-17(9-12)10-13-6-5-7-18-13/h8-9,11,13,16H,5-7,10H2,1-4H3/t11-,13-/m0/s1. The summed E-state index contributed by atoms with van der Waals surface area (Å²) in [5.74, 6) is 0. The van der Waals surface area contributed by atoms with Gasteiger partial charge in [0.05, 0.1) is 24.5 Å². The second kappa shape index (κ2) is 5.31. The summed E-state index contributed by atoms with van der Waals surface area (Å²) < 4.78 is 7.60. The first-order valence-corrected chi connectivity index (χ1v) is 6.86. The molecule has 2 heterocycles. The van der Waals surface area contributed by atoms with Gasteiger partial charge in [0.2, 0.25) is 0 Å². The van der Waals surface area contributed by atoms with Crippen LogP contribution in [0.3, 0.4) is 0 Å². The third-order valence-corrected chi connectivity index (χ3v) is 3.73. The minimum Gasteiger partial charge on any atom is -0.380 e. The minimum absolute atomic E-state index is 0.247. The van der Waals surface area contributed by atoms with Crippen LogP contribution in [0.5, 0.6) is 0 Å². The third kappa shape index (κ3) is 3.48. The Morgan fingerprint density at radius 1 is 1.56 bits per heavy atom. The first-order valence-electron chi connectivity index (χ1n) is 6.86. The highest BCUT2D eigenvalue weighted by Crippen LogP contribution is 2.22. The first-order chi connectivity index (χ1) is 8.45. The van der Waals surface area contributed by atoms with Crippen molar-refractivity contribution >= 4 is 5.69 Å². The molecule has 18 heavy (non-hydrogen) atoms. The SMILES string of the molecule is C[C@H](Nc1cnn(C[C@@H]2CCCO2)c1)C(C)(C)C. The maximum atomic E-state index is 5.62. The van der Waals surface area contributed by atoms with Crippen molar-refractivity contribution in [3.63, 3.8) is 0 Å². The van der Waals surface area contributed by atoms with Crippen LogP contribution in [0.1, 0.15) is 40.5 Å². The van der Waals surface area contributed by atoms with Gasteiger partial charge in [0.1, 0.15) is 0 Å². The summed E-state index contributed by atoms with van der Waals surface area (Å²) >= 11 is 0.